The van der Waals surface area contributed by atoms with Gasteiger partial charge in [-0.05, 0) is 18.1 Å². The number of hydrogen-bond acceptors (Lipinski definition) is 3. The second-order valence-electron chi connectivity index (χ2n) is 6.94. The van der Waals surface area contributed by atoms with Gasteiger partial charge in [0, 0.05) is 36.5 Å². The highest BCUT2D eigenvalue weighted by molar-refractivity contribution is 5.97. The number of carbonyl (C=O) groups is 2. The third kappa shape index (κ3) is 3.01. The minimum Gasteiger partial charge on any atom is -0.374 e. The number of nitrogens with zero attached hydrogens (tertiary/aromatic N) is 1. The Balaban J connectivity index is 1.48. The Morgan fingerprint density at radius 3 is 3.00 bits per heavy atom. The largest absolute Gasteiger partial charge is 0.374 e. The number of rotatable bonds is 5. The minimum atomic E-state index is -0.511. The fraction of sp³-hybridized carbons (Fsp3) is 0.400. The van der Waals surface area contributed by atoms with E-state index in [1.807, 2.05) is 30.5 Å². The van der Waals surface area contributed by atoms with Crippen molar-refractivity contribution < 1.29 is 14.3 Å². The molecule has 6 nitrogen and oxygen atoms in total. The van der Waals surface area contributed by atoms with Gasteiger partial charge >= 0.3 is 0 Å². The van der Waals surface area contributed by atoms with Crippen molar-refractivity contribution in [2.75, 3.05) is 13.2 Å². The van der Waals surface area contributed by atoms with Crippen molar-refractivity contribution in [3.05, 3.63) is 48.7 Å². The number of amides is 2. The SMILES string of the molecule is C=CCOC1CCN2C(=O)C(Cc3c[nH]c4ccccc34)NC(=O)C2C1. The van der Waals surface area contributed by atoms with Crippen molar-refractivity contribution in [3.8, 4) is 0 Å². The summed E-state index contributed by atoms with van der Waals surface area (Å²) in [5, 5.41) is 4.02. The van der Waals surface area contributed by atoms with E-state index in [4.69, 9.17) is 4.74 Å². The van der Waals surface area contributed by atoms with E-state index in [1.54, 1.807) is 11.0 Å². The van der Waals surface area contributed by atoms with Gasteiger partial charge in [0.15, 0.2) is 0 Å². The number of aromatic nitrogens is 1. The quantitative estimate of drug-likeness (QED) is 0.805. The number of carbonyl (C=O) groups excluding carboxylic acids is 2. The summed E-state index contributed by atoms with van der Waals surface area (Å²) in [5.41, 5.74) is 2.08. The van der Waals surface area contributed by atoms with Gasteiger partial charge in [-0.25, -0.2) is 0 Å². The molecule has 0 aliphatic carbocycles. The molecule has 2 N–H and O–H groups in total. The van der Waals surface area contributed by atoms with Crippen LogP contribution in [0.3, 0.4) is 0 Å². The lowest BCUT2D eigenvalue weighted by molar-refractivity contribution is -0.154. The first-order valence-corrected chi connectivity index (χ1v) is 9.05. The molecule has 136 valence electrons. The summed E-state index contributed by atoms with van der Waals surface area (Å²) < 4.78 is 5.68. The van der Waals surface area contributed by atoms with Crippen molar-refractivity contribution in [1.29, 1.82) is 0 Å². The molecule has 0 saturated carbocycles. The molecule has 0 bridgehead atoms. The number of H-pyrrole nitrogens is 1. The number of hydrogen-bond donors (Lipinski definition) is 2. The molecule has 3 heterocycles. The molecule has 3 unspecified atom stereocenters. The molecule has 1 aromatic heterocycles. The average molecular weight is 353 g/mol. The van der Waals surface area contributed by atoms with Gasteiger partial charge in [0.25, 0.3) is 0 Å². The number of ether oxygens (including phenoxy) is 1. The molecule has 1 aromatic carbocycles. The number of nitrogens with one attached hydrogen (secondary N) is 2. The molecule has 0 radical (unpaired) electrons. The summed E-state index contributed by atoms with van der Waals surface area (Å²) in [4.78, 5) is 30.5. The Bertz CT molecular complexity index is 844. The highest BCUT2D eigenvalue weighted by Crippen LogP contribution is 2.26. The molecule has 2 amide bonds. The number of para-hydroxylation sites is 1. The molecule has 6 heteroatoms. The van der Waals surface area contributed by atoms with Crippen LogP contribution in [0.4, 0.5) is 0 Å². The Hall–Kier alpha value is -2.60. The first-order chi connectivity index (χ1) is 12.7. The number of piperazine rings is 1. The van der Waals surface area contributed by atoms with Crippen LogP contribution in [0.25, 0.3) is 10.9 Å². The van der Waals surface area contributed by atoms with Gasteiger partial charge in [0.05, 0.1) is 12.7 Å². The van der Waals surface area contributed by atoms with Gasteiger partial charge in [0.2, 0.25) is 11.8 Å². The summed E-state index contributed by atoms with van der Waals surface area (Å²) in [6, 6.07) is 7.05. The Morgan fingerprint density at radius 1 is 1.31 bits per heavy atom. The third-order valence-electron chi connectivity index (χ3n) is 5.30. The lowest BCUT2D eigenvalue weighted by Crippen LogP contribution is -2.66. The van der Waals surface area contributed by atoms with Crippen LogP contribution in [0.1, 0.15) is 18.4 Å². The second kappa shape index (κ2) is 6.96. The maximum Gasteiger partial charge on any atom is 0.246 e. The zero-order valence-corrected chi connectivity index (χ0v) is 14.6. The number of fused-ring (bicyclic) bond motifs is 2. The van der Waals surface area contributed by atoms with Crippen molar-refractivity contribution in [1.82, 2.24) is 15.2 Å². The van der Waals surface area contributed by atoms with Crippen molar-refractivity contribution in [2.45, 2.75) is 37.5 Å². The molecular formula is C20H23N3O3. The van der Waals surface area contributed by atoms with Gasteiger partial charge in [-0.1, -0.05) is 24.3 Å². The van der Waals surface area contributed by atoms with E-state index >= 15 is 0 Å². The van der Waals surface area contributed by atoms with Crippen LogP contribution >= 0.6 is 0 Å². The zero-order chi connectivity index (χ0) is 18.1. The van der Waals surface area contributed by atoms with Gasteiger partial charge in [-0.2, -0.15) is 0 Å². The minimum absolute atomic E-state index is 0.00188. The lowest BCUT2D eigenvalue weighted by atomic mass is 9.92. The molecule has 3 atom stereocenters. The molecule has 2 aromatic rings. The van der Waals surface area contributed by atoms with Gasteiger partial charge in [-0.3, -0.25) is 9.59 Å². The van der Waals surface area contributed by atoms with Crippen LogP contribution in [0.15, 0.2) is 43.1 Å². The highest BCUT2D eigenvalue weighted by atomic mass is 16.5. The van der Waals surface area contributed by atoms with Crippen molar-refractivity contribution in [2.24, 2.45) is 0 Å². The predicted molar refractivity (Wildman–Crippen MR) is 98.6 cm³/mol. The van der Waals surface area contributed by atoms with E-state index in [0.29, 0.717) is 26.0 Å². The van der Waals surface area contributed by atoms with Crippen LogP contribution in [-0.2, 0) is 20.7 Å². The summed E-state index contributed by atoms with van der Waals surface area (Å²) in [6.07, 6.45) is 5.42. The molecule has 2 fully saturated rings. The maximum atomic E-state index is 12.9. The molecule has 2 aliphatic rings. The summed E-state index contributed by atoms with van der Waals surface area (Å²) in [6.45, 7) is 4.68. The predicted octanol–water partition coefficient (Wildman–Crippen LogP) is 1.77. The van der Waals surface area contributed by atoms with Crippen LogP contribution in [-0.4, -0.2) is 53.0 Å². The second-order valence-corrected chi connectivity index (χ2v) is 6.94. The monoisotopic (exact) mass is 353 g/mol. The molecule has 4 rings (SSSR count). The molecule has 26 heavy (non-hydrogen) atoms. The normalized spacial score (nSPS) is 25.8. The number of benzene rings is 1. The maximum absolute atomic E-state index is 12.9. The smallest absolute Gasteiger partial charge is 0.246 e. The van der Waals surface area contributed by atoms with E-state index in [1.165, 1.54) is 0 Å². The van der Waals surface area contributed by atoms with Gasteiger partial charge in [-0.15, -0.1) is 6.58 Å². The van der Waals surface area contributed by atoms with Crippen LogP contribution in [0, 0.1) is 0 Å². The third-order valence-corrected chi connectivity index (χ3v) is 5.30. The molecular weight excluding hydrogens is 330 g/mol. The molecule has 0 spiro atoms. The van der Waals surface area contributed by atoms with E-state index in [-0.39, 0.29) is 17.9 Å². The fourth-order valence-electron chi connectivity index (χ4n) is 3.99. The molecule has 2 saturated heterocycles. The van der Waals surface area contributed by atoms with E-state index in [2.05, 4.69) is 16.9 Å². The van der Waals surface area contributed by atoms with Gasteiger partial charge < -0.3 is 19.9 Å². The standard InChI is InChI=1S/C20H23N3O3/c1-2-9-26-14-7-8-23-18(11-14)19(24)22-17(20(23)25)10-13-12-21-16-6-4-3-5-15(13)16/h2-6,12,14,17-18,21H,1,7-11H2,(H,22,24). The van der Waals surface area contributed by atoms with E-state index < -0.39 is 12.1 Å². The number of piperidine rings is 1. The lowest BCUT2D eigenvalue weighted by Gasteiger charge is -2.43. The van der Waals surface area contributed by atoms with Crippen LogP contribution in [0.5, 0.6) is 0 Å². The van der Waals surface area contributed by atoms with Crippen LogP contribution < -0.4 is 5.32 Å². The summed E-state index contributed by atoms with van der Waals surface area (Å²) in [5.74, 6) is -0.0802. The van der Waals surface area contributed by atoms with E-state index in [0.717, 1.165) is 22.9 Å². The number of aromatic amines is 1. The first kappa shape index (κ1) is 16.8. The average Bonchev–Trinajstić information content (AvgIpc) is 3.07. The van der Waals surface area contributed by atoms with Crippen molar-refractivity contribution in [3.63, 3.8) is 0 Å². The Morgan fingerprint density at radius 2 is 2.15 bits per heavy atom. The van der Waals surface area contributed by atoms with Gasteiger partial charge in [0.1, 0.15) is 12.1 Å². The summed E-state index contributed by atoms with van der Waals surface area (Å²) in [7, 11) is 0. The van der Waals surface area contributed by atoms with Crippen LogP contribution in [0.2, 0.25) is 0 Å². The topological polar surface area (TPSA) is 74.4 Å². The van der Waals surface area contributed by atoms with Crippen molar-refractivity contribution >= 4 is 22.7 Å². The highest BCUT2D eigenvalue weighted by Gasteiger charge is 2.44. The first-order valence-electron chi connectivity index (χ1n) is 9.05. The zero-order valence-electron chi connectivity index (χ0n) is 14.6. The molecule has 2 aliphatic heterocycles. The Labute approximate surface area is 152 Å². The van der Waals surface area contributed by atoms with E-state index in [9.17, 15) is 9.59 Å². The summed E-state index contributed by atoms with van der Waals surface area (Å²) >= 11 is 0. The fourth-order valence-corrected chi connectivity index (χ4v) is 3.99. The Kier molecular flexibility index (Phi) is 4.51.